The van der Waals surface area contributed by atoms with E-state index in [0.29, 0.717) is 62.4 Å². The number of likely N-dealkylation sites (tertiary alicyclic amines) is 1. The molecule has 0 spiro atoms. The molecule has 3 rings (SSSR count). The van der Waals surface area contributed by atoms with E-state index in [4.69, 9.17) is 11.6 Å². The van der Waals surface area contributed by atoms with E-state index in [1.807, 2.05) is 17.0 Å². The summed E-state index contributed by atoms with van der Waals surface area (Å²) >= 11 is 5.82. The Labute approximate surface area is 187 Å². The van der Waals surface area contributed by atoms with Crippen LogP contribution in [-0.2, 0) is 16.1 Å². The van der Waals surface area contributed by atoms with Gasteiger partial charge in [-0.1, -0.05) is 17.7 Å². The number of rotatable bonds is 8. The topological polar surface area (TPSA) is 91.4 Å². The number of benzene rings is 1. The van der Waals surface area contributed by atoms with Gasteiger partial charge in [-0.15, -0.1) is 0 Å². The highest BCUT2D eigenvalue weighted by atomic mass is 35.5. The highest BCUT2D eigenvalue weighted by Gasteiger charge is 2.26. The zero-order valence-corrected chi connectivity index (χ0v) is 18.1. The summed E-state index contributed by atoms with van der Waals surface area (Å²) in [7, 11) is 0. The van der Waals surface area contributed by atoms with E-state index in [-0.39, 0.29) is 23.6 Å². The molecule has 1 saturated heterocycles. The fourth-order valence-electron chi connectivity index (χ4n) is 3.53. The molecule has 1 aliphatic heterocycles. The van der Waals surface area contributed by atoms with Gasteiger partial charge in [0.15, 0.2) is 0 Å². The van der Waals surface area contributed by atoms with Gasteiger partial charge in [0.1, 0.15) is 0 Å². The summed E-state index contributed by atoms with van der Waals surface area (Å²) in [5.74, 6) is -0.155. The summed E-state index contributed by atoms with van der Waals surface area (Å²) in [6.07, 6.45) is 5.71. The minimum Gasteiger partial charge on any atom is -0.352 e. The number of hydrogen-bond donors (Lipinski definition) is 2. The van der Waals surface area contributed by atoms with Crippen molar-refractivity contribution in [1.82, 2.24) is 20.5 Å². The first-order valence-electron chi connectivity index (χ1n) is 10.5. The lowest BCUT2D eigenvalue weighted by Crippen LogP contribution is -2.43. The van der Waals surface area contributed by atoms with Crippen molar-refractivity contribution in [2.45, 2.75) is 32.2 Å². The van der Waals surface area contributed by atoms with Crippen LogP contribution in [0.4, 0.5) is 0 Å². The molecule has 1 fully saturated rings. The molecular weight excluding hydrogens is 416 g/mol. The maximum Gasteiger partial charge on any atom is 0.251 e. The highest BCUT2D eigenvalue weighted by Crippen LogP contribution is 2.18. The molecule has 1 aromatic carbocycles. The normalized spacial score (nSPS) is 14.2. The van der Waals surface area contributed by atoms with Crippen molar-refractivity contribution in [1.29, 1.82) is 0 Å². The molecule has 7 nitrogen and oxygen atoms in total. The summed E-state index contributed by atoms with van der Waals surface area (Å²) in [5, 5.41) is 6.35. The first-order valence-corrected chi connectivity index (χ1v) is 10.9. The van der Waals surface area contributed by atoms with E-state index < -0.39 is 0 Å². The average molecular weight is 443 g/mol. The number of nitrogens with zero attached hydrogens (tertiary/aromatic N) is 2. The third kappa shape index (κ3) is 7.07. The Bertz CT molecular complexity index is 881. The van der Waals surface area contributed by atoms with Crippen LogP contribution in [0.3, 0.4) is 0 Å². The summed E-state index contributed by atoms with van der Waals surface area (Å²) in [4.78, 5) is 42.7. The van der Waals surface area contributed by atoms with Crippen LogP contribution in [0.2, 0.25) is 5.02 Å². The number of piperidine rings is 1. The molecule has 2 heterocycles. The predicted molar refractivity (Wildman–Crippen MR) is 118 cm³/mol. The number of pyridine rings is 1. The van der Waals surface area contributed by atoms with Crippen molar-refractivity contribution in [3.05, 3.63) is 64.9 Å². The van der Waals surface area contributed by atoms with Crippen molar-refractivity contribution >= 4 is 29.3 Å². The Morgan fingerprint density at radius 2 is 1.81 bits per heavy atom. The molecule has 1 aliphatic rings. The lowest BCUT2D eigenvalue weighted by Gasteiger charge is -2.31. The third-order valence-corrected chi connectivity index (χ3v) is 5.62. The molecule has 0 aliphatic carbocycles. The molecule has 3 amide bonds. The minimum absolute atomic E-state index is 0.0286. The van der Waals surface area contributed by atoms with Gasteiger partial charge in [-0.2, -0.15) is 0 Å². The highest BCUT2D eigenvalue weighted by molar-refractivity contribution is 6.30. The van der Waals surface area contributed by atoms with E-state index in [1.54, 1.807) is 36.7 Å². The summed E-state index contributed by atoms with van der Waals surface area (Å²) in [6, 6.07) is 10.4. The van der Waals surface area contributed by atoms with Crippen LogP contribution in [0, 0.1) is 5.92 Å². The number of nitrogens with one attached hydrogen (secondary N) is 2. The zero-order chi connectivity index (χ0) is 22.1. The number of amides is 3. The van der Waals surface area contributed by atoms with Gasteiger partial charge in [-0.25, -0.2) is 0 Å². The lowest BCUT2D eigenvalue weighted by atomic mass is 9.95. The third-order valence-electron chi connectivity index (χ3n) is 5.37. The Balaban J connectivity index is 1.31. The van der Waals surface area contributed by atoms with Crippen molar-refractivity contribution in [3.63, 3.8) is 0 Å². The molecule has 1 aromatic heterocycles. The van der Waals surface area contributed by atoms with Crippen molar-refractivity contribution < 1.29 is 14.4 Å². The standard InChI is InChI=1S/C23H27ClN4O3/c24-20-7-5-18(6-8-20)22(30)26-12-2-4-21(29)28-13-9-19(10-14-28)23(31)27-16-17-3-1-11-25-15-17/h1,3,5-8,11,15,19H,2,4,9-10,12-14,16H2,(H,26,30)(H,27,31). The molecule has 164 valence electrons. The molecule has 2 aromatic rings. The monoisotopic (exact) mass is 442 g/mol. The maximum absolute atomic E-state index is 12.4. The quantitative estimate of drug-likeness (QED) is 0.615. The SMILES string of the molecule is O=C(NCCCC(=O)N1CCC(C(=O)NCc2cccnc2)CC1)c1ccc(Cl)cc1. The molecule has 0 bridgehead atoms. The molecule has 2 N–H and O–H groups in total. The van der Waals surface area contributed by atoms with E-state index in [9.17, 15) is 14.4 Å². The number of hydrogen-bond acceptors (Lipinski definition) is 4. The van der Waals surface area contributed by atoms with Crippen molar-refractivity contribution in [2.24, 2.45) is 5.92 Å². The van der Waals surface area contributed by atoms with Crippen LogP contribution in [0.25, 0.3) is 0 Å². The van der Waals surface area contributed by atoms with Gasteiger partial charge < -0.3 is 15.5 Å². The Morgan fingerprint density at radius 3 is 2.48 bits per heavy atom. The second-order valence-corrected chi connectivity index (χ2v) is 8.04. The lowest BCUT2D eigenvalue weighted by molar-refractivity contribution is -0.135. The molecule has 0 radical (unpaired) electrons. The van der Waals surface area contributed by atoms with E-state index in [2.05, 4.69) is 15.6 Å². The zero-order valence-electron chi connectivity index (χ0n) is 17.4. The number of carbonyl (C=O) groups is 3. The molecule has 8 heteroatoms. The number of carbonyl (C=O) groups excluding carboxylic acids is 3. The predicted octanol–water partition coefficient (Wildman–Crippen LogP) is 2.80. The van der Waals surface area contributed by atoms with E-state index in [1.165, 1.54) is 0 Å². The van der Waals surface area contributed by atoms with Crippen LogP contribution in [0.1, 0.15) is 41.6 Å². The summed E-state index contributed by atoms with van der Waals surface area (Å²) < 4.78 is 0. The second kappa shape index (κ2) is 11.5. The first-order chi connectivity index (χ1) is 15.0. The fourth-order valence-corrected chi connectivity index (χ4v) is 3.66. The van der Waals surface area contributed by atoms with Crippen LogP contribution < -0.4 is 10.6 Å². The Kier molecular flexibility index (Phi) is 8.41. The Morgan fingerprint density at radius 1 is 1.06 bits per heavy atom. The van der Waals surface area contributed by atoms with Gasteiger partial charge >= 0.3 is 0 Å². The molecule has 0 atom stereocenters. The minimum atomic E-state index is -0.178. The Hall–Kier alpha value is -2.93. The summed E-state index contributed by atoms with van der Waals surface area (Å²) in [6.45, 7) is 2.07. The van der Waals surface area contributed by atoms with Gasteiger partial charge in [-0.05, 0) is 55.2 Å². The smallest absolute Gasteiger partial charge is 0.251 e. The van der Waals surface area contributed by atoms with E-state index in [0.717, 1.165) is 5.56 Å². The van der Waals surface area contributed by atoms with Crippen molar-refractivity contribution in [2.75, 3.05) is 19.6 Å². The van der Waals surface area contributed by atoms with Crippen molar-refractivity contribution in [3.8, 4) is 0 Å². The number of aromatic nitrogens is 1. The molecule has 31 heavy (non-hydrogen) atoms. The first kappa shape index (κ1) is 22.7. The van der Waals surface area contributed by atoms with Crippen LogP contribution in [0.5, 0.6) is 0 Å². The van der Waals surface area contributed by atoms with E-state index >= 15 is 0 Å². The molecule has 0 saturated carbocycles. The van der Waals surface area contributed by atoms with Gasteiger partial charge in [0.05, 0.1) is 0 Å². The second-order valence-electron chi connectivity index (χ2n) is 7.60. The van der Waals surface area contributed by atoms with Gasteiger partial charge in [0, 0.05) is 61.5 Å². The van der Waals surface area contributed by atoms with Crippen LogP contribution in [-0.4, -0.2) is 47.2 Å². The maximum atomic E-state index is 12.4. The van der Waals surface area contributed by atoms with Gasteiger partial charge in [-0.3, -0.25) is 19.4 Å². The van der Waals surface area contributed by atoms with Gasteiger partial charge in [0.25, 0.3) is 5.91 Å². The molecule has 0 unspecified atom stereocenters. The van der Waals surface area contributed by atoms with Crippen LogP contribution >= 0.6 is 11.6 Å². The van der Waals surface area contributed by atoms with Gasteiger partial charge in [0.2, 0.25) is 11.8 Å². The largest absolute Gasteiger partial charge is 0.352 e. The number of halogens is 1. The van der Waals surface area contributed by atoms with Crippen LogP contribution in [0.15, 0.2) is 48.8 Å². The average Bonchev–Trinajstić information content (AvgIpc) is 2.81. The summed E-state index contributed by atoms with van der Waals surface area (Å²) in [5.41, 5.74) is 1.51. The molecular formula is C23H27ClN4O3. The fraction of sp³-hybridized carbons (Fsp3) is 0.391.